The number of benzene rings is 1. The highest BCUT2D eigenvalue weighted by atomic mass is 35.5. The van der Waals surface area contributed by atoms with Crippen LogP contribution in [-0.4, -0.2) is 49.3 Å². The van der Waals surface area contributed by atoms with E-state index in [1.807, 2.05) is 4.90 Å². The van der Waals surface area contributed by atoms with Crippen LogP contribution in [0.2, 0.25) is 0 Å². The van der Waals surface area contributed by atoms with Gasteiger partial charge in [0, 0.05) is 24.5 Å². The summed E-state index contributed by atoms with van der Waals surface area (Å²) in [6.45, 7) is 2.21. The zero-order valence-electron chi connectivity index (χ0n) is 11.7. The highest BCUT2D eigenvalue weighted by molar-refractivity contribution is 6.17. The number of nitrogens with zero attached hydrogens (tertiary/aromatic N) is 1. The van der Waals surface area contributed by atoms with Crippen LogP contribution in [0, 0.1) is 0 Å². The predicted octanol–water partition coefficient (Wildman–Crippen LogP) is 2.28. The summed E-state index contributed by atoms with van der Waals surface area (Å²) < 4.78 is 16.2. The Morgan fingerprint density at radius 1 is 1.29 bits per heavy atom. The van der Waals surface area contributed by atoms with Gasteiger partial charge in [0.1, 0.15) is 0 Å². The zero-order valence-corrected chi connectivity index (χ0v) is 12.5. The maximum Gasteiger partial charge on any atom is 0.253 e. The Balaban J connectivity index is 1.59. The Labute approximate surface area is 128 Å². The molecule has 0 N–H and O–H groups in total. The lowest BCUT2D eigenvalue weighted by molar-refractivity contribution is 0.0154. The van der Waals surface area contributed by atoms with Gasteiger partial charge in [-0.3, -0.25) is 4.79 Å². The average Bonchev–Trinajstić information content (AvgIpc) is 3.00. The van der Waals surface area contributed by atoms with Crippen molar-refractivity contribution in [2.45, 2.75) is 18.9 Å². The van der Waals surface area contributed by atoms with E-state index in [1.54, 1.807) is 18.2 Å². The molecule has 6 heteroatoms. The third kappa shape index (κ3) is 3.24. The van der Waals surface area contributed by atoms with Crippen molar-refractivity contribution in [2.75, 3.05) is 32.4 Å². The van der Waals surface area contributed by atoms with Crippen LogP contribution >= 0.6 is 11.6 Å². The van der Waals surface area contributed by atoms with Crippen molar-refractivity contribution >= 4 is 17.5 Å². The number of alkyl halides is 1. The van der Waals surface area contributed by atoms with Gasteiger partial charge in [-0.15, -0.1) is 11.6 Å². The fourth-order valence-electron chi connectivity index (χ4n) is 2.65. The Morgan fingerprint density at radius 3 is 2.81 bits per heavy atom. The predicted molar refractivity (Wildman–Crippen MR) is 78.2 cm³/mol. The van der Waals surface area contributed by atoms with Crippen LogP contribution in [0.3, 0.4) is 0 Å². The lowest BCUT2D eigenvalue weighted by atomic mass is 10.1. The molecule has 0 aromatic heterocycles. The highest BCUT2D eigenvalue weighted by Gasteiger charge is 2.25. The molecule has 2 aliphatic heterocycles. The van der Waals surface area contributed by atoms with E-state index in [2.05, 4.69) is 0 Å². The average molecular weight is 312 g/mol. The van der Waals surface area contributed by atoms with E-state index in [1.165, 1.54) is 0 Å². The lowest BCUT2D eigenvalue weighted by Crippen LogP contribution is -2.41. The molecule has 1 fully saturated rings. The molecule has 114 valence electrons. The largest absolute Gasteiger partial charge is 0.454 e. The summed E-state index contributed by atoms with van der Waals surface area (Å²) in [7, 11) is 0. The van der Waals surface area contributed by atoms with Crippen molar-refractivity contribution in [1.29, 1.82) is 0 Å². The smallest absolute Gasteiger partial charge is 0.253 e. The van der Waals surface area contributed by atoms with E-state index in [0.717, 1.165) is 12.8 Å². The van der Waals surface area contributed by atoms with Gasteiger partial charge in [-0.2, -0.15) is 0 Å². The number of hydrogen-bond donors (Lipinski definition) is 0. The Hall–Kier alpha value is -1.46. The fourth-order valence-corrected chi connectivity index (χ4v) is 2.74. The molecule has 5 nitrogen and oxygen atoms in total. The second-order valence-corrected chi connectivity index (χ2v) is 5.50. The van der Waals surface area contributed by atoms with Gasteiger partial charge in [-0.05, 0) is 31.0 Å². The first-order valence-electron chi connectivity index (χ1n) is 7.14. The lowest BCUT2D eigenvalue weighted by Gasteiger charge is -2.32. The number of piperidine rings is 1. The maximum absolute atomic E-state index is 12.5. The number of hydrogen-bond acceptors (Lipinski definition) is 4. The molecule has 0 aliphatic carbocycles. The molecule has 0 unspecified atom stereocenters. The number of rotatable bonds is 4. The molecule has 1 saturated heterocycles. The second-order valence-electron chi connectivity index (χ2n) is 5.12. The van der Waals surface area contributed by atoms with Crippen LogP contribution in [-0.2, 0) is 4.74 Å². The van der Waals surface area contributed by atoms with E-state index in [4.69, 9.17) is 25.8 Å². The highest BCUT2D eigenvalue weighted by Crippen LogP contribution is 2.33. The number of amides is 1. The van der Waals surface area contributed by atoms with E-state index in [-0.39, 0.29) is 18.8 Å². The molecule has 0 radical (unpaired) electrons. The summed E-state index contributed by atoms with van der Waals surface area (Å²) >= 11 is 5.61. The van der Waals surface area contributed by atoms with E-state index in [9.17, 15) is 4.79 Å². The molecule has 0 saturated carbocycles. The van der Waals surface area contributed by atoms with E-state index >= 15 is 0 Å². The standard InChI is InChI=1S/C15H18ClNO4/c16-5-8-19-12-3-6-17(7-4-12)15(18)11-1-2-13-14(9-11)21-10-20-13/h1-2,9,12H,3-8,10H2. The SMILES string of the molecule is O=C(c1ccc2c(c1)OCO2)N1CCC(OCCCl)CC1. The summed E-state index contributed by atoms with van der Waals surface area (Å²) in [6, 6.07) is 5.32. The summed E-state index contributed by atoms with van der Waals surface area (Å²) in [5, 5.41) is 0. The number of carbonyl (C=O) groups is 1. The van der Waals surface area contributed by atoms with Gasteiger partial charge in [-0.25, -0.2) is 0 Å². The van der Waals surface area contributed by atoms with Crippen LogP contribution in [0.15, 0.2) is 18.2 Å². The number of likely N-dealkylation sites (tertiary alicyclic amines) is 1. The molecule has 3 rings (SSSR count). The second kappa shape index (κ2) is 6.54. The first-order chi connectivity index (χ1) is 10.3. The third-order valence-corrected chi connectivity index (χ3v) is 3.93. The summed E-state index contributed by atoms with van der Waals surface area (Å²) in [4.78, 5) is 14.3. The molecule has 0 spiro atoms. The van der Waals surface area contributed by atoms with Crippen molar-refractivity contribution in [3.63, 3.8) is 0 Å². The minimum Gasteiger partial charge on any atom is -0.454 e. The van der Waals surface area contributed by atoms with Gasteiger partial charge < -0.3 is 19.1 Å². The topological polar surface area (TPSA) is 48.0 Å². The van der Waals surface area contributed by atoms with Crippen LogP contribution in [0.25, 0.3) is 0 Å². The van der Waals surface area contributed by atoms with Gasteiger partial charge in [0.15, 0.2) is 11.5 Å². The summed E-state index contributed by atoms with van der Waals surface area (Å²) in [5.74, 6) is 1.88. The molecule has 1 aromatic rings. The van der Waals surface area contributed by atoms with Crippen LogP contribution in [0.4, 0.5) is 0 Å². The zero-order chi connectivity index (χ0) is 14.7. The van der Waals surface area contributed by atoms with Gasteiger partial charge in [0.05, 0.1) is 12.7 Å². The van der Waals surface area contributed by atoms with E-state index in [0.29, 0.717) is 42.6 Å². The van der Waals surface area contributed by atoms with Crippen molar-refractivity contribution in [1.82, 2.24) is 4.90 Å². The number of carbonyl (C=O) groups excluding carboxylic acids is 1. The molecule has 0 bridgehead atoms. The van der Waals surface area contributed by atoms with Gasteiger partial charge in [0.25, 0.3) is 5.91 Å². The first kappa shape index (κ1) is 14.5. The molecule has 1 aromatic carbocycles. The first-order valence-corrected chi connectivity index (χ1v) is 7.68. The molecule has 0 atom stereocenters. The molecule has 2 aliphatic rings. The number of ether oxygens (including phenoxy) is 3. The third-order valence-electron chi connectivity index (χ3n) is 3.78. The summed E-state index contributed by atoms with van der Waals surface area (Å²) in [6.07, 6.45) is 1.92. The monoisotopic (exact) mass is 311 g/mol. The normalized spacial score (nSPS) is 18.0. The molecular weight excluding hydrogens is 294 g/mol. The van der Waals surface area contributed by atoms with Crippen LogP contribution in [0.1, 0.15) is 23.2 Å². The Bertz CT molecular complexity index is 514. The van der Waals surface area contributed by atoms with Crippen LogP contribution in [0.5, 0.6) is 11.5 Å². The molecule has 2 heterocycles. The van der Waals surface area contributed by atoms with Crippen molar-refractivity contribution < 1.29 is 19.0 Å². The maximum atomic E-state index is 12.5. The Kier molecular flexibility index (Phi) is 4.51. The van der Waals surface area contributed by atoms with Gasteiger partial charge in [-0.1, -0.05) is 0 Å². The molecular formula is C15H18ClNO4. The Morgan fingerprint density at radius 2 is 2.05 bits per heavy atom. The quantitative estimate of drug-likeness (QED) is 0.800. The fraction of sp³-hybridized carbons (Fsp3) is 0.533. The minimum absolute atomic E-state index is 0.0316. The molecule has 1 amide bonds. The van der Waals surface area contributed by atoms with Gasteiger partial charge >= 0.3 is 0 Å². The number of fused-ring (bicyclic) bond motifs is 1. The summed E-state index contributed by atoms with van der Waals surface area (Å²) in [5.41, 5.74) is 0.638. The van der Waals surface area contributed by atoms with Crippen LogP contribution < -0.4 is 9.47 Å². The van der Waals surface area contributed by atoms with E-state index < -0.39 is 0 Å². The van der Waals surface area contributed by atoms with Crippen molar-refractivity contribution in [3.05, 3.63) is 23.8 Å². The van der Waals surface area contributed by atoms with Gasteiger partial charge in [0.2, 0.25) is 6.79 Å². The number of halogens is 1. The van der Waals surface area contributed by atoms with Crippen molar-refractivity contribution in [3.8, 4) is 11.5 Å². The minimum atomic E-state index is 0.0316. The van der Waals surface area contributed by atoms with Crippen molar-refractivity contribution in [2.24, 2.45) is 0 Å². The molecule has 21 heavy (non-hydrogen) atoms.